The normalized spacial score (nSPS) is 24.6. The minimum Gasteiger partial charge on any atom is -0.364 e. The van der Waals surface area contributed by atoms with Crippen LogP contribution in [0.25, 0.3) is 0 Å². The third kappa shape index (κ3) is 5.61. The lowest BCUT2D eigenvalue weighted by Gasteiger charge is -2.35. The summed E-state index contributed by atoms with van der Waals surface area (Å²) < 4.78 is 0. The summed E-state index contributed by atoms with van der Waals surface area (Å²) >= 11 is 0. The SMILES string of the molecule is CN1CCN(C(=C=NC2CCCCC2)CNC2CCCCC2)CC1. The van der Waals surface area contributed by atoms with E-state index in [2.05, 4.69) is 28.0 Å². The van der Waals surface area contributed by atoms with E-state index in [1.54, 1.807) is 0 Å². The van der Waals surface area contributed by atoms with E-state index < -0.39 is 0 Å². The maximum Gasteiger partial charge on any atom is 0.0898 e. The molecule has 1 saturated heterocycles. The second-order valence-electron chi connectivity index (χ2n) is 7.99. The van der Waals surface area contributed by atoms with Crippen molar-refractivity contribution in [1.29, 1.82) is 0 Å². The molecule has 1 aliphatic heterocycles. The number of nitrogens with zero attached hydrogens (tertiary/aromatic N) is 3. The van der Waals surface area contributed by atoms with Crippen LogP contribution in [-0.4, -0.2) is 67.5 Å². The van der Waals surface area contributed by atoms with E-state index in [1.807, 2.05) is 0 Å². The topological polar surface area (TPSA) is 30.9 Å². The zero-order valence-electron chi connectivity index (χ0n) is 15.6. The maximum absolute atomic E-state index is 4.86. The Kier molecular flexibility index (Phi) is 7.19. The van der Waals surface area contributed by atoms with Gasteiger partial charge in [0.2, 0.25) is 0 Å². The van der Waals surface area contributed by atoms with Crippen LogP contribution >= 0.6 is 0 Å². The van der Waals surface area contributed by atoms with Crippen molar-refractivity contribution in [2.45, 2.75) is 76.3 Å². The summed E-state index contributed by atoms with van der Waals surface area (Å²) in [5.74, 6) is 3.50. The van der Waals surface area contributed by atoms with Crippen LogP contribution in [0.15, 0.2) is 10.7 Å². The van der Waals surface area contributed by atoms with E-state index in [4.69, 9.17) is 4.99 Å². The number of nitrogens with one attached hydrogen (secondary N) is 1. The monoisotopic (exact) mass is 332 g/mol. The molecular weight excluding hydrogens is 296 g/mol. The molecule has 0 radical (unpaired) electrons. The average Bonchev–Trinajstić information content (AvgIpc) is 2.64. The highest BCUT2D eigenvalue weighted by atomic mass is 15.3. The van der Waals surface area contributed by atoms with Crippen LogP contribution in [0.5, 0.6) is 0 Å². The van der Waals surface area contributed by atoms with E-state index in [0.717, 1.165) is 32.7 Å². The van der Waals surface area contributed by atoms with Crippen LogP contribution in [0.4, 0.5) is 0 Å². The van der Waals surface area contributed by atoms with Crippen molar-refractivity contribution in [2.75, 3.05) is 39.8 Å². The minimum atomic E-state index is 0.524. The molecule has 3 rings (SSSR count). The summed E-state index contributed by atoms with van der Waals surface area (Å²) in [7, 11) is 2.22. The fraction of sp³-hybridized carbons (Fsp3) is 0.900. The van der Waals surface area contributed by atoms with Crippen LogP contribution in [0, 0.1) is 0 Å². The first-order valence-electron chi connectivity index (χ1n) is 10.3. The maximum atomic E-state index is 4.86. The van der Waals surface area contributed by atoms with Crippen LogP contribution in [-0.2, 0) is 0 Å². The predicted octanol–water partition coefficient (Wildman–Crippen LogP) is 3.04. The number of piperazine rings is 1. The molecule has 0 unspecified atom stereocenters. The van der Waals surface area contributed by atoms with Gasteiger partial charge in [-0.3, -0.25) is 0 Å². The molecule has 1 heterocycles. The number of likely N-dealkylation sites (N-methyl/N-ethyl adjacent to an activating group) is 1. The highest BCUT2D eigenvalue weighted by Crippen LogP contribution is 2.20. The Hall–Kier alpha value is -0.830. The summed E-state index contributed by atoms with van der Waals surface area (Å²) in [6.07, 6.45) is 13.5. The van der Waals surface area contributed by atoms with Crippen molar-refractivity contribution in [3.05, 3.63) is 5.70 Å². The van der Waals surface area contributed by atoms with Gasteiger partial charge in [0, 0.05) is 44.6 Å². The van der Waals surface area contributed by atoms with E-state index >= 15 is 0 Å². The van der Waals surface area contributed by atoms with Crippen molar-refractivity contribution < 1.29 is 0 Å². The second-order valence-corrected chi connectivity index (χ2v) is 7.99. The third-order valence-electron chi connectivity index (χ3n) is 6.00. The van der Waals surface area contributed by atoms with Gasteiger partial charge in [0.1, 0.15) is 0 Å². The van der Waals surface area contributed by atoms with Gasteiger partial charge in [-0.2, -0.15) is 0 Å². The average molecular weight is 333 g/mol. The minimum absolute atomic E-state index is 0.524. The zero-order chi connectivity index (χ0) is 16.6. The Bertz CT molecular complexity index is 421. The summed E-state index contributed by atoms with van der Waals surface area (Å²) in [5, 5.41) is 3.80. The highest BCUT2D eigenvalue weighted by Gasteiger charge is 2.19. The Morgan fingerprint density at radius 2 is 1.54 bits per heavy atom. The lowest BCUT2D eigenvalue weighted by Crippen LogP contribution is -2.46. The van der Waals surface area contributed by atoms with Gasteiger partial charge in [-0.05, 0) is 32.7 Å². The van der Waals surface area contributed by atoms with Gasteiger partial charge >= 0.3 is 0 Å². The summed E-state index contributed by atoms with van der Waals surface area (Å²) in [6, 6.07) is 1.23. The van der Waals surface area contributed by atoms with Crippen LogP contribution < -0.4 is 5.32 Å². The molecule has 0 aromatic carbocycles. The Morgan fingerprint density at radius 1 is 0.917 bits per heavy atom. The standard InChI is InChI=1S/C20H36N4/c1-23-12-14-24(15-13-23)20(16-21-18-8-4-2-5-9-18)17-22-19-10-6-3-7-11-19/h18-19,21H,2-16H2,1H3. The molecule has 0 aromatic heterocycles. The van der Waals surface area contributed by atoms with Crippen molar-refractivity contribution >= 4 is 5.87 Å². The molecule has 4 nitrogen and oxygen atoms in total. The van der Waals surface area contributed by atoms with E-state index in [-0.39, 0.29) is 0 Å². The van der Waals surface area contributed by atoms with Gasteiger partial charge in [0.05, 0.1) is 11.7 Å². The number of aliphatic imine (C=N–C) groups is 1. The highest BCUT2D eigenvalue weighted by molar-refractivity contribution is 5.58. The molecule has 3 aliphatic rings. The van der Waals surface area contributed by atoms with Crippen LogP contribution in [0.2, 0.25) is 0 Å². The second kappa shape index (κ2) is 9.60. The number of rotatable bonds is 5. The summed E-state index contributed by atoms with van der Waals surface area (Å²) in [5.41, 5.74) is 1.30. The molecule has 2 saturated carbocycles. The summed E-state index contributed by atoms with van der Waals surface area (Å²) in [6.45, 7) is 5.48. The van der Waals surface area contributed by atoms with Gasteiger partial charge in [0.25, 0.3) is 0 Å². The molecule has 4 heteroatoms. The first-order chi connectivity index (χ1) is 11.8. The molecular formula is C20H36N4. The quantitative estimate of drug-likeness (QED) is 0.785. The smallest absolute Gasteiger partial charge is 0.0898 e. The van der Waals surface area contributed by atoms with Crippen molar-refractivity contribution in [3.8, 4) is 0 Å². The van der Waals surface area contributed by atoms with Crippen LogP contribution in [0.3, 0.4) is 0 Å². The molecule has 0 spiro atoms. The van der Waals surface area contributed by atoms with Gasteiger partial charge in [0.15, 0.2) is 0 Å². The number of hydrogen-bond donors (Lipinski definition) is 1. The largest absolute Gasteiger partial charge is 0.364 e. The van der Waals surface area contributed by atoms with Gasteiger partial charge < -0.3 is 15.1 Å². The van der Waals surface area contributed by atoms with Crippen molar-refractivity contribution in [2.24, 2.45) is 4.99 Å². The molecule has 0 atom stereocenters. The third-order valence-corrected chi connectivity index (χ3v) is 6.00. The Morgan fingerprint density at radius 3 is 2.21 bits per heavy atom. The molecule has 24 heavy (non-hydrogen) atoms. The summed E-state index contributed by atoms with van der Waals surface area (Å²) in [4.78, 5) is 9.79. The first kappa shape index (κ1) is 18.0. The number of hydrogen-bond acceptors (Lipinski definition) is 4. The molecule has 1 N–H and O–H groups in total. The lowest BCUT2D eigenvalue weighted by molar-refractivity contribution is 0.184. The van der Waals surface area contributed by atoms with Crippen molar-refractivity contribution in [3.63, 3.8) is 0 Å². The molecule has 0 aromatic rings. The Labute approximate surface area is 148 Å². The lowest BCUT2D eigenvalue weighted by atomic mass is 9.95. The van der Waals surface area contributed by atoms with Crippen molar-refractivity contribution in [1.82, 2.24) is 15.1 Å². The first-order valence-corrected chi connectivity index (χ1v) is 10.3. The molecule has 3 fully saturated rings. The molecule has 136 valence electrons. The zero-order valence-corrected chi connectivity index (χ0v) is 15.6. The predicted molar refractivity (Wildman–Crippen MR) is 102 cm³/mol. The van der Waals surface area contributed by atoms with Gasteiger partial charge in [-0.15, -0.1) is 0 Å². The van der Waals surface area contributed by atoms with E-state index in [0.29, 0.717) is 12.1 Å². The fourth-order valence-electron chi connectivity index (χ4n) is 4.22. The van der Waals surface area contributed by atoms with E-state index in [9.17, 15) is 0 Å². The Balaban J connectivity index is 1.61. The van der Waals surface area contributed by atoms with Crippen LogP contribution in [0.1, 0.15) is 64.2 Å². The molecule has 2 aliphatic carbocycles. The van der Waals surface area contributed by atoms with Gasteiger partial charge in [-0.1, -0.05) is 38.5 Å². The molecule has 0 amide bonds. The molecule has 0 bridgehead atoms. The van der Waals surface area contributed by atoms with E-state index in [1.165, 1.54) is 69.9 Å². The fourth-order valence-corrected chi connectivity index (χ4v) is 4.22. The van der Waals surface area contributed by atoms with Gasteiger partial charge in [-0.25, -0.2) is 4.99 Å².